The Kier molecular flexibility index (Phi) is 6.57. The molecule has 0 heterocycles. The molecule has 132 valence electrons. The van der Waals surface area contributed by atoms with E-state index in [1.54, 1.807) is 55.5 Å². The van der Waals surface area contributed by atoms with Crippen LogP contribution in [0.3, 0.4) is 0 Å². The van der Waals surface area contributed by atoms with Gasteiger partial charge in [-0.15, -0.1) is 0 Å². The highest BCUT2D eigenvalue weighted by atomic mass is 16.5. The molecule has 0 unspecified atom stereocenters. The Labute approximate surface area is 148 Å². The Morgan fingerprint density at radius 3 is 2.40 bits per heavy atom. The average Bonchev–Trinajstić information content (AvgIpc) is 2.60. The quantitative estimate of drug-likeness (QED) is 0.603. The normalized spacial score (nSPS) is 10.4. The minimum absolute atomic E-state index is 0.0968. The number of esters is 1. The molecule has 5 heteroatoms. The van der Waals surface area contributed by atoms with Crippen LogP contribution in [-0.4, -0.2) is 18.5 Å². The maximum Gasteiger partial charge on any atom is 0.343 e. The molecular formula is C20H23NO4. The first-order valence-corrected chi connectivity index (χ1v) is 8.33. The van der Waals surface area contributed by atoms with Crippen LogP contribution in [0.5, 0.6) is 11.5 Å². The number of ether oxygens (including phenoxy) is 2. The van der Waals surface area contributed by atoms with E-state index in [1.165, 1.54) is 0 Å². The fourth-order valence-electron chi connectivity index (χ4n) is 2.00. The summed E-state index contributed by atoms with van der Waals surface area (Å²) in [5.74, 6) is 0.966. The molecule has 1 N–H and O–H groups in total. The highest BCUT2D eigenvalue weighted by Crippen LogP contribution is 2.20. The summed E-state index contributed by atoms with van der Waals surface area (Å²) >= 11 is 0. The number of rotatable bonds is 7. The molecule has 0 aliphatic heterocycles. The highest BCUT2D eigenvalue weighted by molar-refractivity contribution is 5.92. The van der Waals surface area contributed by atoms with Crippen molar-refractivity contribution in [3.05, 3.63) is 54.1 Å². The molecule has 0 atom stereocenters. The summed E-state index contributed by atoms with van der Waals surface area (Å²) in [7, 11) is 0. The van der Waals surface area contributed by atoms with Crippen molar-refractivity contribution in [3.63, 3.8) is 0 Å². The number of carbonyl (C=O) groups is 2. The maximum absolute atomic E-state index is 12.2. The van der Waals surface area contributed by atoms with Gasteiger partial charge in [-0.05, 0) is 42.3 Å². The van der Waals surface area contributed by atoms with Gasteiger partial charge in [-0.3, -0.25) is 4.79 Å². The van der Waals surface area contributed by atoms with E-state index in [0.717, 1.165) is 5.75 Å². The van der Waals surface area contributed by atoms with Gasteiger partial charge in [0.2, 0.25) is 5.91 Å². The molecule has 0 spiro atoms. The van der Waals surface area contributed by atoms with Crippen LogP contribution in [0.25, 0.3) is 0 Å². The molecule has 0 saturated carbocycles. The average molecular weight is 341 g/mol. The lowest BCUT2D eigenvalue weighted by Crippen LogP contribution is -2.11. The summed E-state index contributed by atoms with van der Waals surface area (Å²) in [6.07, 6.45) is 0.384. The number of hydrogen-bond acceptors (Lipinski definition) is 4. The van der Waals surface area contributed by atoms with E-state index in [-0.39, 0.29) is 5.91 Å². The van der Waals surface area contributed by atoms with E-state index in [0.29, 0.717) is 35.9 Å². The van der Waals surface area contributed by atoms with Crippen molar-refractivity contribution in [2.75, 3.05) is 11.9 Å². The van der Waals surface area contributed by atoms with Gasteiger partial charge in [0.05, 0.1) is 12.2 Å². The molecule has 0 aliphatic rings. The molecule has 2 rings (SSSR count). The second-order valence-corrected chi connectivity index (χ2v) is 6.05. The summed E-state index contributed by atoms with van der Waals surface area (Å²) in [4.78, 5) is 23.7. The number of nitrogens with one attached hydrogen (secondary N) is 1. The largest absolute Gasteiger partial charge is 0.493 e. The third-order valence-electron chi connectivity index (χ3n) is 3.32. The van der Waals surface area contributed by atoms with Gasteiger partial charge < -0.3 is 14.8 Å². The molecule has 2 aromatic rings. The van der Waals surface area contributed by atoms with Crippen LogP contribution >= 0.6 is 0 Å². The van der Waals surface area contributed by atoms with E-state index >= 15 is 0 Å². The fraction of sp³-hybridized carbons (Fsp3) is 0.300. The zero-order chi connectivity index (χ0) is 18.2. The number of amides is 1. The molecule has 0 saturated heterocycles. The Hall–Kier alpha value is -2.82. The topological polar surface area (TPSA) is 64.6 Å². The lowest BCUT2D eigenvalue weighted by molar-refractivity contribution is -0.115. The van der Waals surface area contributed by atoms with Crippen molar-refractivity contribution in [3.8, 4) is 11.5 Å². The summed E-state index contributed by atoms with van der Waals surface area (Å²) in [5, 5.41) is 2.73. The molecule has 2 aromatic carbocycles. The number of anilines is 1. The SMILES string of the molecule is CCC(=O)Nc1cccc(OC(=O)c2ccc(OCC(C)C)cc2)c1. The van der Waals surface area contributed by atoms with Crippen LogP contribution in [0.2, 0.25) is 0 Å². The molecule has 1 amide bonds. The predicted molar refractivity (Wildman–Crippen MR) is 97.1 cm³/mol. The second-order valence-electron chi connectivity index (χ2n) is 6.05. The Morgan fingerprint density at radius 1 is 1.04 bits per heavy atom. The van der Waals surface area contributed by atoms with Crippen molar-refractivity contribution in [1.29, 1.82) is 0 Å². The van der Waals surface area contributed by atoms with Crippen LogP contribution in [-0.2, 0) is 4.79 Å². The van der Waals surface area contributed by atoms with Crippen molar-refractivity contribution in [1.82, 2.24) is 0 Å². The molecule has 0 fully saturated rings. The van der Waals surface area contributed by atoms with Gasteiger partial charge in [0.25, 0.3) is 0 Å². The molecule has 0 aliphatic carbocycles. The van der Waals surface area contributed by atoms with Gasteiger partial charge in [-0.2, -0.15) is 0 Å². The fourth-order valence-corrected chi connectivity index (χ4v) is 2.00. The summed E-state index contributed by atoms with van der Waals surface area (Å²) in [6.45, 7) is 6.54. The van der Waals surface area contributed by atoms with Crippen molar-refractivity contribution < 1.29 is 19.1 Å². The van der Waals surface area contributed by atoms with E-state index in [9.17, 15) is 9.59 Å². The molecular weight excluding hydrogens is 318 g/mol. The van der Waals surface area contributed by atoms with Crippen LogP contribution in [0.1, 0.15) is 37.6 Å². The number of benzene rings is 2. The smallest absolute Gasteiger partial charge is 0.343 e. The minimum Gasteiger partial charge on any atom is -0.493 e. The second kappa shape index (κ2) is 8.87. The zero-order valence-corrected chi connectivity index (χ0v) is 14.7. The monoisotopic (exact) mass is 341 g/mol. The zero-order valence-electron chi connectivity index (χ0n) is 14.7. The van der Waals surface area contributed by atoms with Gasteiger partial charge in [0.1, 0.15) is 11.5 Å². The van der Waals surface area contributed by atoms with E-state index in [2.05, 4.69) is 19.2 Å². The van der Waals surface area contributed by atoms with Gasteiger partial charge in [-0.25, -0.2) is 4.79 Å². The van der Waals surface area contributed by atoms with Crippen LogP contribution in [0.4, 0.5) is 5.69 Å². The molecule has 25 heavy (non-hydrogen) atoms. The van der Waals surface area contributed by atoms with Crippen molar-refractivity contribution >= 4 is 17.6 Å². The van der Waals surface area contributed by atoms with Crippen LogP contribution in [0, 0.1) is 5.92 Å². The lowest BCUT2D eigenvalue weighted by atomic mass is 10.2. The van der Waals surface area contributed by atoms with E-state index < -0.39 is 5.97 Å². The molecule has 5 nitrogen and oxygen atoms in total. The van der Waals surface area contributed by atoms with Gasteiger partial charge in [0, 0.05) is 18.2 Å². The summed E-state index contributed by atoms with van der Waals surface area (Å²) in [5.41, 5.74) is 1.02. The molecule has 0 bridgehead atoms. The standard InChI is InChI=1S/C20H23NO4/c1-4-19(22)21-16-6-5-7-18(12-16)25-20(23)15-8-10-17(11-9-15)24-13-14(2)3/h5-12,14H,4,13H2,1-3H3,(H,21,22). The first-order chi connectivity index (χ1) is 12.0. The number of carbonyl (C=O) groups excluding carboxylic acids is 2. The predicted octanol–water partition coefficient (Wildman–Crippen LogP) is 4.29. The highest BCUT2D eigenvalue weighted by Gasteiger charge is 2.10. The number of hydrogen-bond donors (Lipinski definition) is 1. The van der Waals surface area contributed by atoms with Gasteiger partial charge in [-0.1, -0.05) is 26.8 Å². The van der Waals surface area contributed by atoms with Crippen molar-refractivity contribution in [2.24, 2.45) is 5.92 Å². The molecule has 0 radical (unpaired) electrons. The third-order valence-corrected chi connectivity index (χ3v) is 3.32. The Bertz CT molecular complexity index is 723. The molecule has 0 aromatic heterocycles. The minimum atomic E-state index is -0.464. The third kappa shape index (κ3) is 5.95. The Balaban J connectivity index is 1.99. The van der Waals surface area contributed by atoms with E-state index in [4.69, 9.17) is 9.47 Å². The van der Waals surface area contributed by atoms with Crippen LogP contribution in [0.15, 0.2) is 48.5 Å². The van der Waals surface area contributed by atoms with Gasteiger partial charge in [0.15, 0.2) is 0 Å². The maximum atomic E-state index is 12.2. The van der Waals surface area contributed by atoms with Gasteiger partial charge >= 0.3 is 5.97 Å². The van der Waals surface area contributed by atoms with Crippen LogP contribution < -0.4 is 14.8 Å². The Morgan fingerprint density at radius 2 is 1.76 bits per heavy atom. The summed E-state index contributed by atoms with van der Waals surface area (Å²) in [6, 6.07) is 13.6. The van der Waals surface area contributed by atoms with Crippen molar-refractivity contribution in [2.45, 2.75) is 27.2 Å². The first kappa shape index (κ1) is 18.5. The summed E-state index contributed by atoms with van der Waals surface area (Å²) < 4.78 is 11.0. The van der Waals surface area contributed by atoms with E-state index in [1.807, 2.05) is 0 Å². The lowest BCUT2D eigenvalue weighted by Gasteiger charge is -2.10. The first-order valence-electron chi connectivity index (χ1n) is 8.33.